The van der Waals surface area contributed by atoms with Crippen molar-refractivity contribution < 1.29 is 13.7 Å². The van der Waals surface area contributed by atoms with Gasteiger partial charge in [0.25, 0.3) is 0 Å². The summed E-state index contributed by atoms with van der Waals surface area (Å²) >= 11 is 8.95. The van der Waals surface area contributed by atoms with Crippen LogP contribution in [0, 0.1) is 6.92 Å². The Morgan fingerprint density at radius 3 is 2.79 bits per heavy atom. The standard InChI is InChI=1S/C18H17ClN2O3S3.C2H6/c1-3-24-17(22)10-25-18-20-14-8-7-12(9-15(14)26-18)21-27(23)16-6-4-5-13(19)11(16)2;1-2/h4-9,21H,3,10H2,1-2H3;1-2H3. The van der Waals surface area contributed by atoms with Crippen molar-refractivity contribution in [2.45, 2.75) is 36.9 Å². The predicted molar refractivity (Wildman–Crippen MR) is 125 cm³/mol. The van der Waals surface area contributed by atoms with E-state index in [0.29, 0.717) is 16.5 Å². The third-order valence-corrected chi connectivity index (χ3v) is 7.42. The molecule has 0 fully saturated rings. The Kier molecular flexibility index (Phi) is 9.42. The van der Waals surface area contributed by atoms with E-state index in [1.54, 1.807) is 25.1 Å². The van der Waals surface area contributed by atoms with Crippen molar-refractivity contribution in [1.82, 2.24) is 4.98 Å². The minimum absolute atomic E-state index is 0.233. The highest BCUT2D eigenvalue weighted by atomic mass is 35.5. The minimum Gasteiger partial charge on any atom is -0.465 e. The molecule has 3 aromatic rings. The molecule has 0 bridgehead atoms. The highest BCUT2D eigenvalue weighted by Crippen LogP contribution is 2.32. The number of carbonyl (C=O) groups is 1. The summed E-state index contributed by atoms with van der Waals surface area (Å²) in [6.45, 7) is 8.00. The fraction of sp³-hybridized carbons (Fsp3) is 0.300. The Hall–Kier alpha value is -1.61. The second-order valence-electron chi connectivity index (χ2n) is 5.49. The molecule has 1 aromatic heterocycles. The molecule has 2 aromatic carbocycles. The van der Waals surface area contributed by atoms with Gasteiger partial charge in [0.2, 0.25) is 0 Å². The molecule has 0 spiro atoms. The van der Waals surface area contributed by atoms with Crippen molar-refractivity contribution in [3.63, 3.8) is 0 Å². The lowest BCUT2D eigenvalue weighted by Crippen LogP contribution is -2.06. The van der Waals surface area contributed by atoms with E-state index in [1.807, 2.05) is 39.0 Å². The molecule has 0 amide bonds. The first kappa shape index (κ1) is 23.7. The maximum atomic E-state index is 12.6. The molecular formula is C20H23ClN2O3S3. The van der Waals surface area contributed by atoms with Crippen molar-refractivity contribution in [2.24, 2.45) is 0 Å². The van der Waals surface area contributed by atoms with Crippen LogP contribution in [0.3, 0.4) is 0 Å². The molecule has 29 heavy (non-hydrogen) atoms. The Morgan fingerprint density at radius 1 is 1.31 bits per heavy atom. The van der Waals surface area contributed by atoms with Crippen LogP contribution in [0.2, 0.25) is 5.02 Å². The summed E-state index contributed by atoms with van der Waals surface area (Å²) in [4.78, 5) is 16.6. The molecule has 0 radical (unpaired) electrons. The molecule has 0 aliphatic heterocycles. The van der Waals surface area contributed by atoms with Crippen LogP contribution >= 0.6 is 34.7 Å². The fourth-order valence-electron chi connectivity index (χ4n) is 2.30. The number of esters is 1. The van der Waals surface area contributed by atoms with Crippen molar-refractivity contribution in [1.29, 1.82) is 0 Å². The highest BCUT2D eigenvalue weighted by molar-refractivity contribution is 8.01. The minimum atomic E-state index is -1.42. The van der Waals surface area contributed by atoms with Gasteiger partial charge in [0.15, 0.2) is 15.3 Å². The van der Waals surface area contributed by atoms with E-state index in [0.717, 1.165) is 25.8 Å². The molecule has 5 nitrogen and oxygen atoms in total. The van der Waals surface area contributed by atoms with Crippen LogP contribution in [0.15, 0.2) is 45.6 Å². The SMILES string of the molecule is CC.CCOC(=O)CSc1nc2ccc(NS(=O)c3cccc(Cl)c3C)cc2s1. The predicted octanol–water partition coefficient (Wildman–Crippen LogP) is 6.07. The maximum Gasteiger partial charge on any atom is 0.316 e. The number of benzene rings is 2. The van der Waals surface area contributed by atoms with Gasteiger partial charge in [-0.3, -0.25) is 4.79 Å². The zero-order valence-electron chi connectivity index (χ0n) is 16.7. The van der Waals surface area contributed by atoms with Gasteiger partial charge in [-0.15, -0.1) is 11.3 Å². The van der Waals surface area contributed by atoms with Crippen LogP contribution in [-0.4, -0.2) is 27.5 Å². The lowest BCUT2D eigenvalue weighted by molar-refractivity contribution is -0.139. The van der Waals surface area contributed by atoms with Gasteiger partial charge >= 0.3 is 5.97 Å². The second kappa shape index (κ2) is 11.5. The van der Waals surface area contributed by atoms with Gasteiger partial charge in [0, 0.05) is 10.7 Å². The average Bonchev–Trinajstić information content (AvgIpc) is 3.12. The summed E-state index contributed by atoms with van der Waals surface area (Å²) < 4.78 is 22.3. The summed E-state index contributed by atoms with van der Waals surface area (Å²) in [6, 6.07) is 10.9. The average molecular weight is 471 g/mol. The van der Waals surface area contributed by atoms with Crippen LogP contribution < -0.4 is 4.72 Å². The highest BCUT2D eigenvalue weighted by Gasteiger charge is 2.12. The molecule has 1 heterocycles. The van der Waals surface area contributed by atoms with Gasteiger partial charge < -0.3 is 9.46 Å². The van der Waals surface area contributed by atoms with Crippen molar-refractivity contribution in [3.05, 3.63) is 47.0 Å². The molecule has 0 aliphatic carbocycles. The number of nitrogens with zero attached hydrogens (tertiary/aromatic N) is 1. The number of nitrogens with one attached hydrogen (secondary N) is 1. The van der Waals surface area contributed by atoms with E-state index in [2.05, 4.69) is 9.71 Å². The Labute approximate surface area is 186 Å². The molecule has 1 atom stereocenters. The van der Waals surface area contributed by atoms with Crippen molar-refractivity contribution in [2.75, 3.05) is 17.1 Å². The molecular weight excluding hydrogens is 448 g/mol. The van der Waals surface area contributed by atoms with Crippen LogP contribution in [-0.2, 0) is 20.5 Å². The summed E-state index contributed by atoms with van der Waals surface area (Å²) in [5.41, 5.74) is 2.36. The zero-order valence-corrected chi connectivity index (χ0v) is 19.9. The number of anilines is 1. The van der Waals surface area contributed by atoms with E-state index in [9.17, 15) is 9.00 Å². The van der Waals surface area contributed by atoms with Gasteiger partial charge in [0.1, 0.15) is 0 Å². The van der Waals surface area contributed by atoms with Gasteiger partial charge in [-0.1, -0.05) is 43.3 Å². The molecule has 0 saturated carbocycles. The lowest BCUT2D eigenvalue weighted by atomic mass is 10.2. The third-order valence-electron chi connectivity index (χ3n) is 3.62. The normalized spacial score (nSPS) is 11.5. The second-order valence-corrected chi connectivity index (χ2v) is 9.33. The maximum absolute atomic E-state index is 12.6. The monoisotopic (exact) mass is 470 g/mol. The van der Waals surface area contributed by atoms with Gasteiger partial charge in [-0.25, -0.2) is 9.19 Å². The van der Waals surface area contributed by atoms with Gasteiger partial charge in [0.05, 0.1) is 27.5 Å². The first-order valence-electron chi connectivity index (χ1n) is 9.10. The Morgan fingerprint density at radius 2 is 2.07 bits per heavy atom. The third kappa shape index (κ3) is 6.44. The van der Waals surface area contributed by atoms with Crippen molar-refractivity contribution >= 4 is 67.6 Å². The molecule has 1 N–H and O–H groups in total. The largest absolute Gasteiger partial charge is 0.465 e. The van der Waals surface area contributed by atoms with E-state index in [4.69, 9.17) is 16.3 Å². The molecule has 3 rings (SSSR count). The first-order chi connectivity index (χ1) is 14.0. The fourth-order valence-corrected chi connectivity index (χ4v) is 5.48. The number of hydrogen-bond donors (Lipinski definition) is 1. The number of aromatic nitrogens is 1. The summed E-state index contributed by atoms with van der Waals surface area (Å²) in [7, 11) is -1.42. The topological polar surface area (TPSA) is 68.3 Å². The molecule has 9 heteroatoms. The lowest BCUT2D eigenvalue weighted by Gasteiger charge is -2.09. The summed E-state index contributed by atoms with van der Waals surface area (Å²) in [6.07, 6.45) is 0. The number of ether oxygens (including phenoxy) is 1. The number of carbonyl (C=O) groups excluding carboxylic acids is 1. The molecule has 0 aliphatic rings. The van der Waals surface area contributed by atoms with Crippen LogP contribution in [0.4, 0.5) is 5.69 Å². The van der Waals surface area contributed by atoms with E-state index in [1.165, 1.54) is 23.1 Å². The Bertz CT molecular complexity index is 1010. The quantitative estimate of drug-likeness (QED) is 0.335. The summed E-state index contributed by atoms with van der Waals surface area (Å²) in [5.74, 6) is -0.0204. The zero-order chi connectivity index (χ0) is 21.4. The number of halogens is 1. The van der Waals surface area contributed by atoms with E-state index >= 15 is 0 Å². The van der Waals surface area contributed by atoms with Crippen LogP contribution in [0.25, 0.3) is 10.2 Å². The number of thioether (sulfide) groups is 1. The molecule has 1 unspecified atom stereocenters. The van der Waals surface area contributed by atoms with Crippen LogP contribution in [0.5, 0.6) is 0 Å². The molecule has 0 saturated heterocycles. The number of rotatable bonds is 7. The van der Waals surface area contributed by atoms with E-state index < -0.39 is 11.0 Å². The number of thiazole rings is 1. The van der Waals surface area contributed by atoms with Crippen molar-refractivity contribution in [3.8, 4) is 0 Å². The van der Waals surface area contributed by atoms with Crippen LogP contribution in [0.1, 0.15) is 26.3 Å². The first-order valence-corrected chi connectivity index (χ1v) is 12.4. The van der Waals surface area contributed by atoms with E-state index in [-0.39, 0.29) is 11.7 Å². The summed E-state index contributed by atoms with van der Waals surface area (Å²) in [5, 5.41) is 0.587. The van der Waals surface area contributed by atoms with Gasteiger partial charge in [-0.2, -0.15) is 0 Å². The smallest absolute Gasteiger partial charge is 0.316 e. The number of hydrogen-bond acceptors (Lipinski definition) is 6. The number of fused-ring (bicyclic) bond motifs is 1. The van der Waals surface area contributed by atoms with Gasteiger partial charge in [-0.05, 0) is 49.7 Å². The Balaban J connectivity index is 0.00000145. The molecule has 156 valence electrons.